The van der Waals surface area contributed by atoms with Gasteiger partial charge in [0.15, 0.2) is 0 Å². The maximum Gasteiger partial charge on any atom is 0.0460 e. The van der Waals surface area contributed by atoms with Gasteiger partial charge < -0.3 is 10.3 Å². The van der Waals surface area contributed by atoms with Crippen LogP contribution in [0.2, 0.25) is 0 Å². The molecule has 2 N–H and O–H groups in total. The number of nitrogens with one attached hydrogen (secondary N) is 2. The first-order valence-corrected chi connectivity index (χ1v) is 4.65. The molecule has 0 aliphatic carbocycles. The topological polar surface area (TPSA) is 27.8 Å². The Balaban J connectivity index is 2.50. The summed E-state index contributed by atoms with van der Waals surface area (Å²) in [6.45, 7) is 4.18. The molecule has 2 heteroatoms. The number of H-pyrrole nitrogens is 1. The molecule has 0 unspecified atom stereocenters. The van der Waals surface area contributed by atoms with E-state index in [4.69, 9.17) is 0 Å². The summed E-state index contributed by atoms with van der Waals surface area (Å²) in [5.74, 6) is 0. The predicted molar refractivity (Wildman–Crippen MR) is 53.6 cm³/mol. The third-order valence-corrected chi connectivity index (χ3v) is 2.89. The molecule has 0 radical (unpaired) electrons. The van der Waals surface area contributed by atoms with Gasteiger partial charge in [-0.2, -0.15) is 0 Å². The van der Waals surface area contributed by atoms with Crippen LogP contribution in [0.4, 0.5) is 0 Å². The van der Waals surface area contributed by atoms with Crippen molar-refractivity contribution >= 4 is 10.9 Å². The lowest BCUT2D eigenvalue weighted by Gasteiger charge is -2.15. The largest absolute Gasteiger partial charge is 0.361 e. The first-order valence-electron chi connectivity index (χ1n) is 4.65. The number of aromatic amines is 1. The Morgan fingerprint density at radius 2 is 2.15 bits per heavy atom. The Hall–Kier alpha value is -1.28. The number of benzene rings is 1. The lowest BCUT2D eigenvalue weighted by molar-refractivity contribution is 0.681. The molecule has 66 valence electrons. The van der Waals surface area contributed by atoms with Crippen LogP contribution in [0, 0.1) is 6.92 Å². The molecule has 1 aromatic heterocycles. The zero-order valence-electron chi connectivity index (χ0n) is 7.65. The Morgan fingerprint density at radius 3 is 3.08 bits per heavy atom. The summed E-state index contributed by atoms with van der Waals surface area (Å²) >= 11 is 0. The highest BCUT2D eigenvalue weighted by atomic mass is 14.9. The van der Waals surface area contributed by atoms with Crippen LogP contribution >= 0.6 is 0 Å². The van der Waals surface area contributed by atoms with E-state index >= 15 is 0 Å². The number of aromatic nitrogens is 1. The molecular weight excluding hydrogens is 160 g/mol. The van der Waals surface area contributed by atoms with E-state index in [1.807, 2.05) is 0 Å². The summed E-state index contributed by atoms with van der Waals surface area (Å²) in [5, 5.41) is 4.85. The highest BCUT2D eigenvalue weighted by Gasteiger charge is 2.14. The van der Waals surface area contributed by atoms with E-state index in [2.05, 4.69) is 35.6 Å². The fraction of sp³-hybridized carbons (Fsp3) is 0.273. The second kappa shape index (κ2) is 2.36. The molecule has 1 aliphatic heterocycles. The third kappa shape index (κ3) is 0.864. The molecule has 0 spiro atoms. The van der Waals surface area contributed by atoms with Gasteiger partial charge in [-0.25, -0.2) is 0 Å². The molecule has 2 nitrogen and oxygen atoms in total. The van der Waals surface area contributed by atoms with Gasteiger partial charge in [0, 0.05) is 30.2 Å². The van der Waals surface area contributed by atoms with Crippen LogP contribution in [0.5, 0.6) is 0 Å². The average molecular weight is 172 g/mol. The van der Waals surface area contributed by atoms with E-state index in [1.54, 1.807) is 0 Å². The summed E-state index contributed by atoms with van der Waals surface area (Å²) in [5.41, 5.74) is 5.53. The minimum absolute atomic E-state index is 0.996. The lowest BCUT2D eigenvalue weighted by Crippen LogP contribution is -2.18. The van der Waals surface area contributed by atoms with Gasteiger partial charge in [0.25, 0.3) is 0 Å². The fourth-order valence-corrected chi connectivity index (χ4v) is 2.17. The summed E-state index contributed by atoms with van der Waals surface area (Å²) in [6.07, 6.45) is 2.11. The quantitative estimate of drug-likeness (QED) is 0.625. The molecule has 2 heterocycles. The summed E-state index contributed by atoms with van der Waals surface area (Å²) in [4.78, 5) is 3.31. The van der Waals surface area contributed by atoms with Gasteiger partial charge in [-0.1, -0.05) is 6.07 Å². The summed E-state index contributed by atoms with van der Waals surface area (Å²) in [7, 11) is 0. The Kier molecular flexibility index (Phi) is 1.30. The van der Waals surface area contributed by atoms with Crippen molar-refractivity contribution in [1.82, 2.24) is 10.3 Å². The zero-order valence-corrected chi connectivity index (χ0v) is 7.65. The van der Waals surface area contributed by atoms with Crippen molar-refractivity contribution in [2.45, 2.75) is 20.0 Å². The Morgan fingerprint density at radius 1 is 1.23 bits per heavy atom. The monoisotopic (exact) mass is 172 g/mol. The molecule has 0 fully saturated rings. The van der Waals surface area contributed by atoms with Crippen molar-refractivity contribution < 1.29 is 0 Å². The van der Waals surface area contributed by atoms with Crippen LogP contribution in [0.25, 0.3) is 10.9 Å². The molecule has 1 aromatic carbocycles. The van der Waals surface area contributed by atoms with Gasteiger partial charge in [-0.3, -0.25) is 0 Å². The van der Waals surface area contributed by atoms with Crippen molar-refractivity contribution in [3.05, 3.63) is 35.0 Å². The molecule has 2 aromatic rings. The van der Waals surface area contributed by atoms with E-state index < -0.39 is 0 Å². The zero-order chi connectivity index (χ0) is 8.84. The van der Waals surface area contributed by atoms with Gasteiger partial charge in [0.2, 0.25) is 0 Å². The molecule has 1 aliphatic rings. The van der Waals surface area contributed by atoms with Crippen molar-refractivity contribution in [3.8, 4) is 0 Å². The van der Waals surface area contributed by atoms with Gasteiger partial charge in [0.1, 0.15) is 0 Å². The van der Waals surface area contributed by atoms with E-state index in [0.717, 1.165) is 13.1 Å². The van der Waals surface area contributed by atoms with Crippen molar-refractivity contribution in [2.75, 3.05) is 0 Å². The number of hydrogen-bond acceptors (Lipinski definition) is 1. The minimum Gasteiger partial charge on any atom is -0.361 e. The highest BCUT2D eigenvalue weighted by Crippen LogP contribution is 2.27. The normalized spacial score (nSPS) is 15.2. The third-order valence-electron chi connectivity index (χ3n) is 2.89. The van der Waals surface area contributed by atoms with Crippen LogP contribution < -0.4 is 5.32 Å². The summed E-state index contributed by atoms with van der Waals surface area (Å²) in [6, 6.07) is 4.36. The molecule has 3 rings (SSSR count). The molecule has 13 heavy (non-hydrogen) atoms. The first kappa shape index (κ1) is 7.15. The van der Waals surface area contributed by atoms with Crippen LogP contribution in [0.15, 0.2) is 18.3 Å². The lowest BCUT2D eigenvalue weighted by atomic mass is 9.98. The smallest absolute Gasteiger partial charge is 0.0460 e. The van der Waals surface area contributed by atoms with Crippen molar-refractivity contribution in [3.63, 3.8) is 0 Å². The van der Waals surface area contributed by atoms with Crippen molar-refractivity contribution in [2.24, 2.45) is 0 Å². The minimum atomic E-state index is 0.996. The second-order valence-electron chi connectivity index (χ2n) is 3.70. The molecule has 0 amide bonds. The Labute approximate surface area is 77.0 Å². The average Bonchev–Trinajstić information content (AvgIpc) is 2.57. The van der Waals surface area contributed by atoms with Gasteiger partial charge in [-0.05, 0) is 29.7 Å². The van der Waals surface area contributed by atoms with E-state index in [0.29, 0.717) is 0 Å². The van der Waals surface area contributed by atoms with Gasteiger partial charge >= 0.3 is 0 Å². The molecule has 0 bridgehead atoms. The SMILES string of the molecule is Cc1ccc2[nH]cc3c2c1CNC3. The summed E-state index contributed by atoms with van der Waals surface area (Å²) < 4.78 is 0. The van der Waals surface area contributed by atoms with Gasteiger partial charge in [0.05, 0.1) is 0 Å². The fourth-order valence-electron chi connectivity index (χ4n) is 2.17. The standard InChI is InChI=1S/C11H12N2/c1-7-2-3-10-11-8(5-13-10)4-12-6-9(7)11/h2-3,5,12-13H,4,6H2,1H3. The molecule has 0 saturated carbocycles. The van der Waals surface area contributed by atoms with Crippen molar-refractivity contribution in [1.29, 1.82) is 0 Å². The first-order chi connectivity index (χ1) is 6.36. The van der Waals surface area contributed by atoms with Crippen LogP contribution in [-0.2, 0) is 13.1 Å². The van der Waals surface area contributed by atoms with E-state index in [1.165, 1.54) is 27.6 Å². The van der Waals surface area contributed by atoms with Gasteiger partial charge in [-0.15, -0.1) is 0 Å². The number of hydrogen-bond donors (Lipinski definition) is 2. The van der Waals surface area contributed by atoms with E-state index in [-0.39, 0.29) is 0 Å². The maximum absolute atomic E-state index is 3.41. The Bertz CT molecular complexity index is 468. The van der Waals surface area contributed by atoms with Crippen LogP contribution in [0.3, 0.4) is 0 Å². The van der Waals surface area contributed by atoms with E-state index in [9.17, 15) is 0 Å². The van der Waals surface area contributed by atoms with Crippen LogP contribution in [0.1, 0.15) is 16.7 Å². The molecular formula is C11H12N2. The number of rotatable bonds is 0. The predicted octanol–water partition coefficient (Wildman–Crippen LogP) is 2.08. The van der Waals surface area contributed by atoms with Crippen LogP contribution in [-0.4, -0.2) is 4.98 Å². The molecule has 0 atom stereocenters. The number of aryl methyl sites for hydroxylation is 1. The second-order valence-corrected chi connectivity index (χ2v) is 3.70. The maximum atomic E-state index is 3.41. The highest BCUT2D eigenvalue weighted by molar-refractivity contribution is 5.88. The molecule has 0 saturated heterocycles.